The molecule has 0 radical (unpaired) electrons. The van der Waals surface area contributed by atoms with Gasteiger partial charge in [0.25, 0.3) is 0 Å². The number of halogens is 4. The van der Waals surface area contributed by atoms with E-state index >= 15 is 0 Å². The molecular formula is C9H4ClF3O. The molecule has 1 aromatic heterocycles. The highest BCUT2D eigenvalue weighted by Crippen LogP contribution is 2.34. The van der Waals surface area contributed by atoms with Gasteiger partial charge in [0.2, 0.25) is 0 Å². The fourth-order valence-corrected chi connectivity index (χ4v) is 1.37. The van der Waals surface area contributed by atoms with Gasteiger partial charge in [-0.1, -0.05) is 11.6 Å². The molecule has 0 bridgehead atoms. The normalized spacial score (nSPS) is 12.3. The second-order valence-electron chi connectivity index (χ2n) is 2.79. The average molecular weight is 221 g/mol. The maximum Gasteiger partial charge on any atom is 0.416 e. The number of hydrogen-bond donors (Lipinski definition) is 0. The maximum absolute atomic E-state index is 12.3. The Hall–Kier alpha value is -1.16. The Bertz CT molecular complexity index is 472. The van der Waals surface area contributed by atoms with Crippen LogP contribution in [0, 0.1) is 0 Å². The number of furan rings is 1. The number of hydrogen-bond acceptors (Lipinski definition) is 1. The Labute approximate surface area is 82.1 Å². The lowest BCUT2D eigenvalue weighted by Gasteiger charge is -2.05. The van der Waals surface area contributed by atoms with Crippen LogP contribution in [0.15, 0.2) is 28.9 Å². The third-order valence-electron chi connectivity index (χ3n) is 1.85. The van der Waals surface area contributed by atoms with Crippen molar-refractivity contribution in [3.63, 3.8) is 0 Å². The van der Waals surface area contributed by atoms with Gasteiger partial charge in [-0.05, 0) is 18.2 Å². The highest BCUT2D eigenvalue weighted by molar-refractivity contribution is 6.35. The summed E-state index contributed by atoms with van der Waals surface area (Å²) in [6.07, 6.45) is -3.14. The third-order valence-corrected chi connectivity index (χ3v) is 2.15. The van der Waals surface area contributed by atoms with E-state index in [-0.39, 0.29) is 10.4 Å². The van der Waals surface area contributed by atoms with Gasteiger partial charge in [-0.25, -0.2) is 0 Å². The molecule has 2 rings (SSSR count). The molecule has 5 heteroatoms. The third kappa shape index (κ3) is 1.46. The lowest BCUT2D eigenvalue weighted by Crippen LogP contribution is -2.03. The van der Waals surface area contributed by atoms with Crippen LogP contribution in [0.5, 0.6) is 0 Å². The SMILES string of the molecule is FC(F)(F)c1ccc2occ(Cl)c2c1. The van der Waals surface area contributed by atoms with Gasteiger partial charge in [-0.2, -0.15) is 13.2 Å². The van der Waals surface area contributed by atoms with Gasteiger partial charge in [0.15, 0.2) is 0 Å². The summed E-state index contributed by atoms with van der Waals surface area (Å²) in [7, 11) is 0. The quantitative estimate of drug-likeness (QED) is 0.651. The van der Waals surface area contributed by atoms with Crippen molar-refractivity contribution < 1.29 is 17.6 Å². The minimum Gasteiger partial charge on any atom is -0.463 e. The lowest BCUT2D eigenvalue weighted by atomic mass is 10.1. The van der Waals surface area contributed by atoms with E-state index in [1.807, 2.05) is 0 Å². The smallest absolute Gasteiger partial charge is 0.416 e. The summed E-state index contributed by atoms with van der Waals surface area (Å²) in [4.78, 5) is 0. The Morgan fingerprint density at radius 3 is 2.57 bits per heavy atom. The largest absolute Gasteiger partial charge is 0.463 e. The molecule has 0 unspecified atom stereocenters. The summed E-state index contributed by atoms with van der Waals surface area (Å²) >= 11 is 5.63. The zero-order valence-electron chi connectivity index (χ0n) is 6.73. The molecule has 0 atom stereocenters. The van der Waals surface area contributed by atoms with Gasteiger partial charge in [0.05, 0.1) is 10.6 Å². The second kappa shape index (κ2) is 2.92. The fraction of sp³-hybridized carbons (Fsp3) is 0.111. The van der Waals surface area contributed by atoms with E-state index in [1.165, 1.54) is 12.3 Å². The molecule has 0 aliphatic heterocycles. The van der Waals surface area contributed by atoms with Crippen molar-refractivity contribution in [3.8, 4) is 0 Å². The molecule has 1 nitrogen and oxygen atoms in total. The fourth-order valence-electron chi connectivity index (χ4n) is 1.17. The van der Waals surface area contributed by atoms with Crippen LogP contribution in [0.1, 0.15) is 5.56 Å². The predicted octanol–water partition coefficient (Wildman–Crippen LogP) is 4.11. The van der Waals surface area contributed by atoms with E-state index in [9.17, 15) is 13.2 Å². The number of alkyl halides is 3. The minimum absolute atomic E-state index is 0.186. The molecule has 1 aromatic carbocycles. The maximum atomic E-state index is 12.3. The molecule has 0 fully saturated rings. The van der Waals surface area contributed by atoms with Crippen molar-refractivity contribution >= 4 is 22.6 Å². The van der Waals surface area contributed by atoms with Crippen LogP contribution < -0.4 is 0 Å². The van der Waals surface area contributed by atoms with E-state index in [0.717, 1.165) is 12.1 Å². The second-order valence-corrected chi connectivity index (χ2v) is 3.20. The van der Waals surface area contributed by atoms with Gasteiger partial charge in [-0.15, -0.1) is 0 Å². The van der Waals surface area contributed by atoms with Crippen LogP contribution in [0.2, 0.25) is 5.02 Å². The molecule has 14 heavy (non-hydrogen) atoms. The van der Waals surface area contributed by atoms with Crippen molar-refractivity contribution in [2.45, 2.75) is 6.18 Å². The van der Waals surface area contributed by atoms with Crippen molar-refractivity contribution in [3.05, 3.63) is 35.0 Å². The molecule has 0 saturated carbocycles. The van der Waals surface area contributed by atoms with Crippen LogP contribution in [0.3, 0.4) is 0 Å². The Kier molecular flexibility index (Phi) is 1.96. The topological polar surface area (TPSA) is 13.1 Å². The predicted molar refractivity (Wildman–Crippen MR) is 46.2 cm³/mol. The number of fused-ring (bicyclic) bond motifs is 1. The van der Waals surface area contributed by atoms with Crippen LogP contribution in [0.4, 0.5) is 13.2 Å². The molecule has 0 N–H and O–H groups in total. The first-order chi connectivity index (χ1) is 6.48. The van der Waals surface area contributed by atoms with Gasteiger partial charge >= 0.3 is 6.18 Å². The molecule has 74 valence electrons. The summed E-state index contributed by atoms with van der Waals surface area (Å²) in [6.45, 7) is 0. The van der Waals surface area contributed by atoms with Crippen LogP contribution >= 0.6 is 11.6 Å². The summed E-state index contributed by atoms with van der Waals surface area (Å²) in [5.74, 6) is 0. The van der Waals surface area contributed by atoms with Gasteiger partial charge in [0.1, 0.15) is 11.8 Å². The average Bonchev–Trinajstić information content (AvgIpc) is 2.46. The van der Waals surface area contributed by atoms with Crippen molar-refractivity contribution in [1.29, 1.82) is 0 Å². The van der Waals surface area contributed by atoms with Gasteiger partial charge in [-0.3, -0.25) is 0 Å². The van der Waals surface area contributed by atoms with Crippen molar-refractivity contribution in [2.75, 3.05) is 0 Å². The van der Waals surface area contributed by atoms with Crippen LogP contribution in [-0.4, -0.2) is 0 Å². The van der Waals surface area contributed by atoms with Crippen LogP contribution in [0.25, 0.3) is 11.0 Å². The molecule has 0 amide bonds. The summed E-state index contributed by atoms with van der Waals surface area (Å²) in [5.41, 5.74) is -0.378. The zero-order chi connectivity index (χ0) is 10.3. The molecule has 0 aliphatic carbocycles. The Morgan fingerprint density at radius 1 is 1.21 bits per heavy atom. The summed E-state index contributed by atoms with van der Waals surface area (Å²) in [6, 6.07) is 3.19. The van der Waals surface area contributed by atoms with E-state index in [0.29, 0.717) is 5.58 Å². The Morgan fingerprint density at radius 2 is 1.93 bits per heavy atom. The van der Waals surface area contributed by atoms with Gasteiger partial charge < -0.3 is 4.42 Å². The molecular weight excluding hydrogens is 217 g/mol. The molecule has 0 saturated heterocycles. The monoisotopic (exact) mass is 220 g/mol. The summed E-state index contributed by atoms with van der Waals surface area (Å²) < 4.78 is 41.8. The first kappa shape index (κ1) is 9.40. The molecule has 0 spiro atoms. The van der Waals surface area contributed by atoms with Gasteiger partial charge in [0, 0.05) is 5.39 Å². The van der Waals surface area contributed by atoms with Crippen LogP contribution in [-0.2, 0) is 6.18 Å². The number of benzene rings is 1. The van der Waals surface area contributed by atoms with E-state index in [2.05, 4.69) is 0 Å². The van der Waals surface area contributed by atoms with Crippen molar-refractivity contribution in [2.24, 2.45) is 0 Å². The molecule has 0 aliphatic rings. The van der Waals surface area contributed by atoms with E-state index in [4.69, 9.17) is 16.0 Å². The molecule has 1 heterocycles. The van der Waals surface area contributed by atoms with E-state index < -0.39 is 11.7 Å². The summed E-state index contributed by atoms with van der Waals surface area (Å²) in [5, 5.41) is 0.465. The first-order valence-corrected chi connectivity index (χ1v) is 4.10. The number of rotatable bonds is 0. The first-order valence-electron chi connectivity index (χ1n) is 3.72. The standard InChI is InChI=1S/C9H4ClF3O/c10-7-4-14-8-2-1-5(3-6(7)8)9(11,12)13/h1-4H. The highest BCUT2D eigenvalue weighted by atomic mass is 35.5. The lowest BCUT2D eigenvalue weighted by molar-refractivity contribution is -0.137. The Balaban J connectivity index is 2.66. The highest BCUT2D eigenvalue weighted by Gasteiger charge is 2.30. The van der Waals surface area contributed by atoms with Crippen molar-refractivity contribution in [1.82, 2.24) is 0 Å². The zero-order valence-corrected chi connectivity index (χ0v) is 7.49. The van der Waals surface area contributed by atoms with E-state index in [1.54, 1.807) is 0 Å². The minimum atomic E-state index is -4.35. The molecule has 2 aromatic rings.